The van der Waals surface area contributed by atoms with Crippen LogP contribution in [0.3, 0.4) is 0 Å². The zero-order valence-electron chi connectivity index (χ0n) is 15.8. The molecule has 2 aromatic rings. The zero-order chi connectivity index (χ0) is 21.3. The fraction of sp³-hybridized carbons (Fsp3) is 0.316. The van der Waals surface area contributed by atoms with Gasteiger partial charge >= 0.3 is 6.18 Å². The highest BCUT2D eigenvalue weighted by molar-refractivity contribution is 7.92. The molecule has 9 heteroatoms. The predicted octanol–water partition coefficient (Wildman–Crippen LogP) is 4.12. The van der Waals surface area contributed by atoms with Crippen LogP contribution in [-0.4, -0.2) is 26.6 Å². The summed E-state index contributed by atoms with van der Waals surface area (Å²) < 4.78 is 64.1. The summed E-state index contributed by atoms with van der Waals surface area (Å²) in [6.07, 6.45) is -3.58. The van der Waals surface area contributed by atoms with Gasteiger partial charge in [0.25, 0.3) is 0 Å². The second kappa shape index (κ2) is 7.83. The molecule has 2 rings (SSSR count). The predicted molar refractivity (Wildman–Crippen MR) is 103 cm³/mol. The van der Waals surface area contributed by atoms with E-state index in [-0.39, 0.29) is 5.69 Å². The number of nitrogens with zero attached hydrogens (tertiary/aromatic N) is 1. The minimum Gasteiger partial charge on any atom is -0.324 e. The van der Waals surface area contributed by atoms with Crippen LogP contribution in [0.4, 0.5) is 24.5 Å². The second-order valence-corrected chi connectivity index (χ2v) is 8.43. The number of halogens is 3. The Hall–Kier alpha value is -2.55. The number of carbonyl (C=O) groups excluding carboxylic acids is 1. The number of amides is 1. The lowest BCUT2D eigenvalue weighted by Crippen LogP contribution is -2.45. The van der Waals surface area contributed by atoms with Gasteiger partial charge in [0.1, 0.15) is 6.04 Å². The Kier molecular flexibility index (Phi) is 6.08. The molecule has 0 bridgehead atoms. The number of alkyl halides is 3. The maximum absolute atomic E-state index is 12.8. The standard InChI is InChI=1S/C19H21F3N2O3S/c1-12-8-9-17(10-13(12)2)24(28(4,26)27)14(3)18(25)23-16-7-5-6-15(11-16)19(20,21)22/h5-11,14H,1-4H3,(H,23,25)/t14-/m0/s1. The fourth-order valence-corrected chi connectivity index (χ4v) is 3.86. The van der Waals surface area contributed by atoms with E-state index in [9.17, 15) is 26.4 Å². The van der Waals surface area contributed by atoms with Crippen molar-refractivity contribution in [3.05, 3.63) is 59.2 Å². The molecular weight excluding hydrogens is 393 g/mol. The first-order valence-electron chi connectivity index (χ1n) is 8.35. The lowest BCUT2D eigenvalue weighted by Gasteiger charge is -2.28. The highest BCUT2D eigenvalue weighted by Crippen LogP contribution is 2.31. The van der Waals surface area contributed by atoms with Crippen molar-refractivity contribution in [1.82, 2.24) is 0 Å². The maximum atomic E-state index is 12.8. The fourth-order valence-electron chi connectivity index (χ4n) is 2.69. The van der Waals surface area contributed by atoms with Crippen molar-refractivity contribution >= 4 is 27.3 Å². The van der Waals surface area contributed by atoms with E-state index < -0.39 is 33.7 Å². The van der Waals surface area contributed by atoms with Crippen molar-refractivity contribution in [3.8, 4) is 0 Å². The first-order chi connectivity index (χ1) is 12.8. The zero-order valence-corrected chi connectivity index (χ0v) is 16.6. The van der Waals surface area contributed by atoms with Crippen LogP contribution < -0.4 is 9.62 Å². The molecule has 0 radical (unpaired) electrons. The number of hydrogen-bond acceptors (Lipinski definition) is 3. The summed E-state index contributed by atoms with van der Waals surface area (Å²) in [5.41, 5.74) is 1.12. The van der Waals surface area contributed by atoms with Crippen molar-refractivity contribution in [2.45, 2.75) is 33.0 Å². The van der Waals surface area contributed by atoms with Gasteiger partial charge in [0, 0.05) is 5.69 Å². The molecule has 28 heavy (non-hydrogen) atoms. The average molecular weight is 414 g/mol. The summed E-state index contributed by atoms with van der Waals surface area (Å²) in [5, 5.41) is 2.36. The van der Waals surface area contributed by atoms with Gasteiger partial charge in [-0.05, 0) is 62.2 Å². The number of hydrogen-bond donors (Lipinski definition) is 1. The highest BCUT2D eigenvalue weighted by atomic mass is 32.2. The van der Waals surface area contributed by atoms with Crippen molar-refractivity contribution in [3.63, 3.8) is 0 Å². The molecule has 0 saturated heterocycles. The molecule has 152 valence electrons. The Morgan fingerprint density at radius 3 is 2.25 bits per heavy atom. The van der Waals surface area contributed by atoms with Gasteiger partial charge < -0.3 is 5.32 Å². The van der Waals surface area contributed by atoms with Crippen LogP contribution in [-0.2, 0) is 21.0 Å². The molecule has 5 nitrogen and oxygen atoms in total. The van der Waals surface area contributed by atoms with Gasteiger partial charge in [-0.1, -0.05) is 12.1 Å². The third kappa shape index (κ3) is 5.03. The van der Waals surface area contributed by atoms with Crippen molar-refractivity contribution in [2.75, 3.05) is 15.9 Å². The third-order valence-electron chi connectivity index (χ3n) is 4.29. The molecule has 0 aliphatic rings. The normalized spacial score (nSPS) is 13.1. The Morgan fingerprint density at radius 2 is 1.71 bits per heavy atom. The highest BCUT2D eigenvalue weighted by Gasteiger charge is 2.32. The van der Waals surface area contributed by atoms with Gasteiger partial charge in [-0.3, -0.25) is 9.10 Å². The average Bonchev–Trinajstić information content (AvgIpc) is 2.56. The van der Waals surface area contributed by atoms with E-state index in [1.165, 1.54) is 19.1 Å². The molecule has 0 aliphatic carbocycles. The number of sulfonamides is 1. The molecule has 0 aromatic heterocycles. The second-order valence-electron chi connectivity index (χ2n) is 6.57. The third-order valence-corrected chi connectivity index (χ3v) is 5.53. The van der Waals surface area contributed by atoms with Crippen LogP contribution >= 0.6 is 0 Å². The minimum atomic E-state index is -4.55. The first-order valence-corrected chi connectivity index (χ1v) is 10.2. The van der Waals surface area contributed by atoms with E-state index in [1.54, 1.807) is 18.2 Å². The summed E-state index contributed by atoms with van der Waals surface area (Å²) >= 11 is 0. The van der Waals surface area contributed by atoms with Crippen molar-refractivity contribution in [1.29, 1.82) is 0 Å². The van der Waals surface area contributed by atoms with E-state index in [4.69, 9.17) is 0 Å². The molecule has 0 heterocycles. The molecule has 1 N–H and O–H groups in total. The van der Waals surface area contributed by atoms with Crippen LogP contribution in [0, 0.1) is 13.8 Å². The van der Waals surface area contributed by atoms with Crippen LogP contribution in [0.5, 0.6) is 0 Å². The van der Waals surface area contributed by atoms with Crippen molar-refractivity contribution in [2.24, 2.45) is 0 Å². The van der Waals surface area contributed by atoms with E-state index in [1.807, 2.05) is 13.8 Å². The van der Waals surface area contributed by atoms with Gasteiger partial charge in [-0.2, -0.15) is 13.2 Å². The monoisotopic (exact) mass is 414 g/mol. The molecule has 0 spiro atoms. The molecule has 1 amide bonds. The van der Waals surface area contributed by atoms with E-state index in [0.29, 0.717) is 5.69 Å². The summed E-state index contributed by atoms with van der Waals surface area (Å²) in [4.78, 5) is 12.6. The summed E-state index contributed by atoms with van der Waals surface area (Å²) in [7, 11) is -3.82. The van der Waals surface area contributed by atoms with Crippen LogP contribution in [0.25, 0.3) is 0 Å². The quantitative estimate of drug-likeness (QED) is 0.801. The number of carbonyl (C=O) groups is 1. The summed E-state index contributed by atoms with van der Waals surface area (Å²) in [6.45, 7) is 5.06. The summed E-state index contributed by atoms with van der Waals surface area (Å²) in [5.74, 6) is -0.747. The molecule has 0 saturated carbocycles. The van der Waals surface area contributed by atoms with Gasteiger partial charge in [-0.15, -0.1) is 0 Å². The molecule has 0 fully saturated rings. The Labute approximate surface area is 162 Å². The van der Waals surface area contributed by atoms with Crippen molar-refractivity contribution < 1.29 is 26.4 Å². The number of nitrogens with one attached hydrogen (secondary N) is 1. The number of benzene rings is 2. The number of aryl methyl sites for hydroxylation is 2. The smallest absolute Gasteiger partial charge is 0.324 e. The topological polar surface area (TPSA) is 66.5 Å². The molecular formula is C19H21F3N2O3S. The molecule has 0 unspecified atom stereocenters. The Morgan fingerprint density at radius 1 is 1.07 bits per heavy atom. The van der Waals surface area contributed by atoms with Crippen LogP contribution in [0.1, 0.15) is 23.6 Å². The lowest BCUT2D eigenvalue weighted by atomic mass is 10.1. The SMILES string of the molecule is Cc1ccc(N([C@@H](C)C(=O)Nc2cccc(C(F)(F)F)c2)S(C)(=O)=O)cc1C. The Balaban J connectivity index is 2.33. The Bertz CT molecular complexity index is 988. The minimum absolute atomic E-state index is 0.0692. The van der Waals surface area contributed by atoms with E-state index >= 15 is 0 Å². The largest absolute Gasteiger partial charge is 0.416 e. The first kappa shape index (κ1) is 21.7. The van der Waals surface area contributed by atoms with Crippen LogP contribution in [0.15, 0.2) is 42.5 Å². The lowest BCUT2D eigenvalue weighted by molar-refractivity contribution is -0.137. The molecule has 1 atom stereocenters. The number of rotatable bonds is 5. The number of anilines is 2. The van der Waals surface area contributed by atoms with E-state index in [0.717, 1.165) is 33.8 Å². The van der Waals surface area contributed by atoms with E-state index in [2.05, 4.69) is 5.32 Å². The molecule has 0 aliphatic heterocycles. The molecule has 2 aromatic carbocycles. The maximum Gasteiger partial charge on any atom is 0.416 e. The van der Waals surface area contributed by atoms with Gasteiger partial charge in [0.05, 0.1) is 17.5 Å². The van der Waals surface area contributed by atoms with Gasteiger partial charge in [-0.25, -0.2) is 8.42 Å². The van der Waals surface area contributed by atoms with Crippen LogP contribution in [0.2, 0.25) is 0 Å². The summed E-state index contributed by atoms with van der Waals surface area (Å²) in [6, 6.07) is 7.94. The van der Waals surface area contributed by atoms with Gasteiger partial charge in [0.2, 0.25) is 15.9 Å². The van der Waals surface area contributed by atoms with Gasteiger partial charge in [0.15, 0.2) is 0 Å².